The van der Waals surface area contributed by atoms with E-state index < -0.39 is 18.0 Å². The number of benzene rings is 1. The SMILES string of the molecule is CCOc1ccc(NC(=O)C(C)OC(=O)C2CCN(C(=O)c3cccs3)CC2)cc1. The summed E-state index contributed by atoms with van der Waals surface area (Å²) in [4.78, 5) is 39.7. The molecule has 0 radical (unpaired) electrons. The summed E-state index contributed by atoms with van der Waals surface area (Å²) in [5.74, 6) is -0.373. The number of piperidine rings is 1. The van der Waals surface area contributed by atoms with E-state index in [0.29, 0.717) is 43.1 Å². The summed E-state index contributed by atoms with van der Waals surface area (Å²) in [7, 11) is 0. The molecule has 1 unspecified atom stereocenters. The minimum absolute atomic E-state index is 0.0000755. The number of nitrogens with one attached hydrogen (secondary N) is 1. The van der Waals surface area contributed by atoms with Gasteiger partial charge in [0.15, 0.2) is 6.10 Å². The Balaban J connectivity index is 1.45. The van der Waals surface area contributed by atoms with Gasteiger partial charge in [0.05, 0.1) is 17.4 Å². The van der Waals surface area contributed by atoms with Crippen molar-refractivity contribution < 1.29 is 23.9 Å². The van der Waals surface area contributed by atoms with Gasteiger partial charge in [-0.3, -0.25) is 14.4 Å². The summed E-state index contributed by atoms with van der Waals surface area (Å²) in [5.41, 5.74) is 0.603. The maximum atomic E-state index is 12.5. The van der Waals surface area contributed by atoms with Gasteiger partial charge in [0.1, 0.15) is 5.75 Å². The van der Waals surface area contributed by atoms with E-state index in [4.69, 9.17) is 9.47 Å². The number of thiophene rings is 1. The molecule has 1 aromatic heterocycles. The molecule has 1 fully saturated rings. The van der Waals surface area contributed by atoms with Gasteiger partial charge < -0.3 is 19.7 Å². The number of anilines is 1. The van der Waals surface area contributed by atoms with Crippen LogP contribution in [0.25, 0.3) is 0 Å². The molecule has 1 saturated heterocycles. The number of amides is 2. The lowest BCUT2D eigenvalue weighted by Gasteiger charge is -2.31. The van der Waals surface area contributed by atoms with Gasteiger partial charge >= 0.3 is 5.97 Å². The number of esters is 1. The van der Waals surface area contributed by atoms with Crippen molar-refractivity contribution in [2.45, 2.75) is 32.8 Å². The van der Waals surface area contributed by atoms with Gasteiger partial charge in [0, 0.05) is 18.8 Å². The Bertz CT molecular complexity index is 858. The van der Waals surface area contributed by atoms with Crippen LogP contribution in [-0.4, -0.2) is 48.5 Å². The predicted octanol–water partition coefficient (Wildman–Crippen LogP) is 3.57. The maximum absolute atomic E-state index is 12.5. The molecule has 1 N–H and O–H groups in total. The van der Waals surface area contributed by atoms with Crippen molar-refractivity contribution in [1.29, 1.82) is 0 Å². The second-order valence-electron chi connectivity index (χ2n) is 7.07. The highest BCUT2D eigenvalue weighted by atomic mass is 32.1. The maximum Gasteiger partial charge on any atom is 0.309 e. The number of rotatable bonds is 7. The van der Waals surface area contributed by atoms with Crippen LogP contribution in [0.4, 0.5) is 5.69 Å². The van der Waals surface area contributed by atoms with E-state index in [2.05, 4.69) is 5.32 Å². The molecule has 8 heteroatoms. The number of carbonyl (C=O) groups is 3. The number of ether oxygens (including phenoxy) is 2. The van der Waals surface area contributed by atoms with Gasteiger partial charge in [-0.15, -0.1) is 11.3 Å². The van der Waals surface area contributed by atoms with Gasteiger partial charge in [-0.2, -0.15) is 0 Å². The van der Waals surface area contributed by atoms with E-state index in [1.165, 1.54) is 11.3 Å². The van der Waals surface area contributed by atoms with E-state index in [9.17, 15) is 14.4 Å². The molecular formula is C22H26N2O5S. The zero-order valence-corrected chi connectivity index (χ0v) is 17.9. The van der Waals surface area contributed by atoms with Crippen molar-refractivity contribution >= 4 is 34.8 Å². The number of likely N-dealkylation sites (tertiary alicyclic amines) is 1. The average molecular weight is 431 g/mol. The van der Waals surface area contributed by atoms with Crippen molar-refractivity contribution in [1.82, 2.24) is 4.90 Å². The van der Waals surface area contributed by atoms with Crippen molar-refractivity contribution in [3.63, 3.8) is 0 Å². The molecule has 0 aliphatic carbocycles. The van der Waals surface area contributed by atoms with E-state index in [-0.39, 0.29) is 11.8 Å². The highest BCUT2D eigenvalue weighted by molar-refractivity contribution is 7.12. The monoisotopic (exact) mass is 430 g/mol. The van der Waals surface area contributed by atoms with Crippen LogP contribution < -0.4 is 10.1 Å². The van der Waals surface area contributed by atoms with Gasteiger partial charge in [-0.05, 0) is 62.4 Å². The second kappa shape index (κ2) is 10.2. The highest BCUT2D eigenvalue weighted by Crippen LogP contribution is 2.22. The van der Waals surface area contributed by atoms with E-state index in [0.717, 1.165) is 5.75 Å². The normalized spacial score (nSPS) is 15.3. The standard InChI is InChI=1S/C22H26N2O5S/c1-3-28-18-8-6-17(7-9-18)23-20(25)15(2)29-22(27)16-10-12-24(13-11-16)21(26)19-5-4-14-30-19/h4-9,14-16H,3,10-13H2,1-2H3,(H,23,25). The summed E-state index contributed by atoms with van der Waals surface area (Å²) in [6.07, 6.45) is 0.154. The third-order valence-corrected chi connectivity index (χ3v) is 5.80. The Labute approximate surface area is 180 Å². The number of nitrogens with zero attached hydrogens (tertiary/aromatic N) is 1. The molecule has 7 nitrogen and oxygen atoms in total. The lowest BCUT2D eigenvalue weighted by molar-refractivity contribution is -0.158. The minimum Gasteiger partial charge on any atom is -0.494 e. The van der Waals surface area contributed by atoms with Crippen LogP contribution in [0.1, 0.15) is 36.4 Å². The Kier molecular flexibility index (Phi) is 7.46. The van der Waals surface area contributed by atoms with Crippen molar-refractivity contribution in [3.8, 4) is 5.75 Å². The summed E-state index contributed by atoms with van der Waals surface area (Å²) in [5, 5.41) is 4.61. The second-order valence-corrected chi connectivity index (χ2v) is 8.02. The largest absolute Gasteiger partial charge is 0.494 e. The predicted molar refractivity (Wildman–Crippen MR) is 115 cm³/mol. The van der Waals surface area contributed by atoms with Gasteiger partial charge in [0.2, 0.25) is 0 Å². The molecule has 0 spiro atoms. The Morgan fingerprint density at radius 3 is 2.47 bits per heavy atom. The van der Waals surface area contributed by atoms with E-state index in [1.807, 2.05) is 18.4 Å². The number of hydrogen-bond acceptors (Lipinski definition) is 6. The molecular weight excluding hydrogens is 404 g/mol. The molecule has 2 heterocycles. The van der Waals surface area contributed by atoms with Gasteiger partial charge in [-0.1, -0.05) is 6.07 Å². The molecule has 160 valence electrons. The summed E-state index contributed by atoms with van der Waals surface area (Å²) >= 11 is 1.41. The van der Waals surface area contributed by atoms with Crippen molar-refractivity contribution in [2.75, 3.05) is 25.0 Å². The molecule has 3 rings (SSSR count). The zero-order chi connectivity index (χ0) is 21.5. The van der Waals surface area contributed by atoms with Crippen LogP contribution >= 0.6 is 11.3 Å². The zero-order valence-electron chi connectivity index (χ0n) is 17.1. The average Bonchev–Trinajstić information content (AvgIpc) is 3.29. The third kappa shape index (κ3) is 5.60. The van der Waals surface area contributed by atoms with Crippen LogP contribution in [0.2, 0.25) is 0 Å². The summed E-state index contributed by atoms with van der Waals surface area (Å²) < 4.78 is 10.7. The fraction of sp³-hybridized carbons (Fsp3) is 0.409. The van der Waals surface area contributed by atoms with Crippen LogP contribution in [0.3, 0.4) is 0 Å². The van der Waals surface area contributed by atoms with Gasteiger partial charge in [-0.25, -0.2) is 0 Å². The molecule has 30 heavy (non-hydrogen) atoms. The molecule has 2 amide bonds. The third-order valence-electron chi connectivity index (χ3n) is 4.94. The Morgan fingerprint density at radius 2 is 1.87 bits per heavy atom. The number of hydrogen-bond donors (Lipinski definition) is 1. The molecule has 1 aromatic carbocycles. The minimum atomic E-state index is -0.908. The number of carbonyl (C=O) groups excluding carboxylic acids is 3. The Morgan fingerprint density at radius 1 is 1.17 bits per heavy atom. The van der Waals surface area contributed by atoms with Crippen LogP contribution in [0, 0.1) is 5.92 Å². The Hall–Kier alpha value is -2.87. The smallest absolute Gasteiger partial charge is 0.309 e. The topological polar surface area (TPSA) is 84.9 Å². The van der Waals surface area contributed by atoms with Crippen LogP contribution in [0.15, 0.2) is 41.8 Å². The molecule has 0 bridgehead atoms. The molecule has 1 atom stereocenters. The fourth-order valence-electron chi connectivity index (χ4n) is 3.24. The van der Waals surface area contributed by atoms with Crippen LogP contribution in [0.5, 0.6) is 5.75 Å². The quantitative estimate of drug-likeness (QED) is 0.679. The van der Waals surface area contributed by atoms with Gasteiger partial charge in [0.25, 0.3) is 11.8 Å². The summed E-state index contributed by atoms with van der Waals surface area (Å²) in [6.45, 7) is 5.03. The van der Waals surface area contributed by atoms with E-state index in [1.54, 1.807) is 42.2 Å². The highest BCUT2D eigenvalue weighted by Gasteiger charge is 2.31. The van der Waals surface area contributed by atoms with Crippen molar-refractivity contribution in [2.24, 2.45) is 5.92 Å². The molecule has 1 aliphatic rings. The fourth-order valence-corrected chi connectivity index (χ4v) is 3.93. The molecule has 1 aliphatic heterocycles. The van der Waals surface area contributed by atoms with Crippen LogP contribution in [-0.2, 0) is 14.3 Å². The first-order valence-corrected chi connectivity index (χ1v) is 10.9. The molecule has 2 aromatic rings. The van der Waals surface area contributed by atoms with E-state index >= 15 is 0 Å². The lowest BCUT2D eigenvalue weighted by Crippen LogP contribution is -2.41. The first-order valence-electron chi connectivity index (χ1n) is 10.0. The first-order chi connectivity index (χ1) is 14.5. The summed E-state index contributed by atoms with van der Waals surface area (Å²) in [6, 6.07) is 10.7. The first kappa shape index (κ1) is 21.8. The van der Waals surface area contributed by atoms with Crippen molar-refractivity contribution in [3.05, 3.63) is 46.7 Å². The molecule has 0 saturated carbocycles. The lowest BCUT2D eigenvalue weighted by atomic mass is 9.97.